The van der Waals surface area contributed by atoms with Crippen LogP contribution in [0.25, 0.3) is 0 Å². The van der Waals surface area contributed by atoms with E-state index in [9.17, 15) is 9.59 Å². The van der Waals surface area contributed by atoms with Crippen molar-refractivity contribution in [2.75, 3.05) is 19.6 Å². The molecule has 2 N–H and O–H groups in total. The second-order valence-electron chi connectivity index (χ2n) is 8.00. The van der Waals surface area contributed by atoms with Gasteiger partial charge in [0.15, 0.2) is 0 Å². The molecule has 1 aromatic carbocycles. The van der Waals surface area contributed by atoms with Crippen molar-refractivity contribution in [1.82, 2.24) is 9.80 Å². The van der Waals surface area contributed by atoms with Crippen LogP contribution in [0.15, 0.2) is 30.3 Å². The molecule has 0 aromatic heterocycles. The Morgan fingerprint density at radius 2 is 1.92 bits per heavy atom. The monoisotopic (exact) mass is 343 g/mol. The van der Waals surface area contributed by atoms with Crippen molar-refractivity contribution in [3.63, 3.8) is 0 Å². The molecule has 3 rings (SSSR count). The summed E-state index contributed by atoms with van der Waals surface area (Å²) in [5, 5.41) is 0. The first-order valence-electron chi connectivity index (χ1n) is 9.29. The van der Waals surface area contributed by atoms with Crippen LogP contribution in [0.4, 0.5) is 0 Å². The summed E-state index contributed by atoms with van der Waals surface area (Å²) in [5.41, 5.74) is 7.01. The number of piperidine rings is 2. The van der Waals surface area contributed by atoms with Gasteiger partial charge in [0.1, 0.15) is 6.04 Å². The number of nitrogens with zero attached hydrogens (tertiary/aromatic N) is 2. The van der Waals surface area contributed by atoms with Gasteiger partial charge in [-0.1, -0.05) is 44.2 Å². The number of nitrogens with two attached hydrogens (primary N) is 1. The lowest BCUT2D eigenvalue weighted by molar-refractivity contribution is -0.149. The SMILES string of the molecule is CC1(C)CN(C(=O)C(c2ccccc2)N2CCCCC2=O)CCC1N. The summed E-state index contributed by atoms with van der Waals surface area (Å²) in [6.45, 7) is 6.18. The Hall–Kier alpha value is -1.88. The molecule has 2 saturated heterocycles. The third-order valence-corrected chi connectivity index (χ3v) is 5.64. The predicted molar refractivity (Wildman–Crippen MR) is 97.7 cm³/mol. The molecule has 0 saturated carbocycles. The molecule has 2 fully saturated rings. The minimum Gasteiger partial charge on any atom is -0.340 e. The fourth-order valence-corrected chi connectivity index (χ4v) is 3.93. The first-order valence-corrected chi connectivity index (χ1v) is 9.29. The van der Waals surface area contributed by atoms with Gasteiger partial charge in [0.25, 0.3) is 0 Å². The molecule has 5 nitrogen and oxygen atoms in total. The Labute approximate surface area is 150 Å². The molecule has 0 aliphatic carbocycles. The molecular formula is C20H29N3O2. The van der Waals surface area contributed by atoms with Crippen LogP contribution in [-0.4, -0.2) is 47.3 Å². The highest BCUT2D eigenvalue weighted by Crippen LogP contribution is 2.32. The van der Waals surface area contributed by atoms with E-state index < -0.39 is 6.04 Å². The zero-order chi connectivity index (χ0) is 18.0. The smallest absolute Gasteiger partial charge is 0.250 e. The van der Waals surface area contributed by atoms with Crippen molar-refractivity contribution in [1.29, 1.82) is 0 Å². The topological polar surface area (TPSA) is 66.6 Å². The molecule has 2 aliphatic rings. The van der Waals surface area contributed by atoms with E-state index in [2.05, 4.69) is 13.8 Å². The van der Waals surface area contributed by atoms with Crippen LogP contribution < -0.4 is 5.73 Å². The molecule has 2 amide bonds. The number of rotatable bonds is 3. The molecule has 25 heavy (non-hydrogen) atoms. The van der Waals surface area contributed by atoms with Gasteiger partial charge in [-0.15, -0.1) is 0 Å². The number of likely N-dealkylation sites (tertiary alicyclic amines) is 2. The Kier molecular flexibility index (Phi) is 5.13. The summed E-state index contributed by atoms with van der Waals surface area (Å²) in [7, 11) is 0. The van der Waals surface area contributed by atoms with Crippen LogP contribution in [0, 0.1) is 5.41 Å². The molecular weight excluding hydrogens is 314 g/mol. The van der Waals surface area contributed by atoms with Crippen LogP contribution in [0.1, 0.15) is 51.1 Å². The Bertz CT molecular complexity index is 629. The lowest BCUT2D eigenvalue weighted by atomic mass is 9.79. The number of benzene rings is 1. The maximum absolute atomic E-state index is 13.4. The number of hydrogen-bond donors (Lipinski definition) is 1. The molecule has 1 aromatic rings. The summed E-state index contributed by atoms with van der Waals surface area (Å²) >= 11 is 0. The van der Waals surface area contributed by atoms with Gasteiger partial charge in [-0.3, -0.25) is 9.59 Å². The first-order chi connectivity index (χ1) is 11.9. The van der Waals surface area contributed by atoms with Gasteiger partial charge in [0, 0.05) is 32.1 Å². The van der Waals surface area contributed by atoms with E-state index in [-0.39, 0.29) is 23.3 Å². The van der Waals surface area contributed by atoms with Crippen LogP contribution in [0.2, 0.25) is 0 Å². The first kappa shape index (κ1) is 17.9. The van der Waals surface area contributed by atoms with Gasteiger partial charge >= 0.3 is 0 Å². The third-order valence-electron chi connectivity index (χ3n) is 5.64. The molecule has 5 heteroatoms. The third kappa shape index (κ3) is 3.71. The fourth-order valence-electron chi connectivity index (χ4n) is 3.93. The molecule has 0 bridgehead atoms. The summed E-state index contributed by atoms with van der Waals surface area (Å²) < 4.78 is 0. The van der Waals surface area contributed by atoms with E-state index in [0.717, 1.165) is 24.8 Å². The van der Waals surface area contributed by atoms with E-state index in [1.165, 1.54) is 0 Å². The van der Waals surface area contributed by atoms with Crippen molar-refractivity contribution < 1.29 is 9.59 Å². The standard InChI is InChI=1S/C20H29N3O2/c1-20(2)14-22(13-11-16(20)21)19(25)18(15-8-4-3-5-9-15)23-12-7-6-10-17(23)24/h3-5,8-9,16,18H,6-7,10-14,21H2,1-2H3. The van der Waals surface area contributed by atoms with Crippen LogP contribution >= 0.6 is 0 Å². The maximum atomic E-state index is 13.4. The average molecular weight is 343 g/mol. The predicted octanol–water partition coefficient (Wildman–Crippen LogP) is 2.33. The Morgan fingerprint density at radius 1 is 1.20 bits per heavy atom. The maximum Gasteiger partial charge on any atom is 0.250 e. The summed E-state index contributed by atoms with van der Waals surface area (Å²) in [5.74, 6) is 0.114. The summed E-state index contributed by atoms with van der Waals surface area (Å²) in [6, 6.07) is 9.28. The lowest BCUT2D eigenvalue weighted by Crippen LogP contribution is -2.56. The van der Waals surface area contributed by atoms with E-state index in [4.69, 9.17) is 5.73 Å². The van der Waals surface area contributed by atoms with Gasteiger partial charge in [-0.2, -0.15) is 0 Å². The molecule has 0 spiro atoms. The van der Waals surface area contributed by atoms with E-state index in [1.54, 1.807) is 4.90 Å². The quantitative estimate of drug-likeness (QED) is 0.916. The van der Waals surface area contributed by atoms with Gasteiger partial charge in [0.05, 0.1) is 0 Å². The van der Waals surface area contributed by atoms with Crippen molar-refractivity contribution in [3.05, 3.63) is 35.9 Å². The normalized spacial score (nSPS) is 24.9. The molecule has 2 unspecified atom stereocenters. The minimum atomic E-state index is -0.515. The Balaban J connectivity index is 1.89. The fraction of sp³-hybridized carbons (Fsp3) is 0.600. The van der Waals surface area contributed by atoms with Crippen LogP contribution in [0.3, 0.4) is 0 Å². The van der Waals surface area contributed by atoms with Crippen molar-refractivity contribution in [3.8, 4) is 0 Å². The molecule has 2 atom stereocenters. The highest BCUT2D eigenvalue weighted by Gasteiger charge is 2.40. The molecule has 136 valence electrons. The van der Waals surface area contributed by atoms with Crippen LogP contribution in [0.5, 0.6) is 0 Å². The summed E-state index contributed by atoms with van der Waals surface area (Å²) in [6.07, 6.45) is 3.20. The molecule has 2 heterocycles. The van der Waals surface area contributed by atoms with E-state index >= 15 is 0 Å². The zero-order valence-electron chi connectivity index (χ0n) is 15.3. The number of hydrogen-bond acceptors (Lipinski definition) is 3. The van der Waals surface area contributed by atoms with E-state index in [1.807, 2.05) is 35.2 Å². The van der Waals surface area contributed by atoms with Gasteiger partial charge < -0.3 is 15.5 Å². The molecule has 2 aliphatic heterocycles. The van der Waals surface area contributed by atoms with Gasteiger partial charge in [-0.25, -0.2) is 0 Å². The largest absolute Gasteiger partial charge is 0.340 e. The average Bonchev–Trinajstić information content (AvgIpc) is 2.60. The number of carbonyl (C=O) groups is 2. The van der Waals surface area contributed by atoms with Gasteiger partial charge in [-0.05, 0) is 30.2 Å². The summed E-state index contributed by atoms with van der Waals surface area (Å²) in [4.78, 5) is 29.6. The number of carbonyl (C=O) groups excluding carboxylic acids is 2. The second-order valence-corrected chi connectivity index (χ2v) is 8.00. The highest BCUT2D eigenvalue weighted by molar-refractivity contribution is 5.89. The molecule has 0 radical (unpaired) electrons. The van der Waals surface area contributed by atoms with Crippen molar-refractivity contribution in [2.45, 2.75) is 51.6 Å². The second kappa shape index (κ2) is 7.16. The van der Waals surface area contributed by atoms with E-state index in [0.29, 0.717) is 26.1 Å². The Morgan fingerprint density at radius 3 is 2.56 bits per heavy atom. The number of amides is 2. The van der Waals surface area contributed by atoms with Crippen molar-refractivity contribution in [2.24, 2.45) is 11.1 Å². The highest BCUT2D eigenvalue weighted by atomic mass is 16.2. The van der Waals surface area contributed by atoms with Crippen LogP contribution in [-0.2, 0) is 9.59 Å². The van der Waals surface area contributed by atoms with Crippen molar-refractivity contribution >= 4 is 11.8 Å². The zero-order valence-corrected chi connectivity index (χ0v) is 15.3. The lowest BCUT2D eigenvalue weighted by Gasteiger charge is -2.45. The van der Waals surface area contributed by atoms with Gasteiger partial charge in [0.2, 0.25) is 11.8 Å². The minimum absolute atomic E-state index is 0.0291.